The second-order valence-electron chi connectivity index (χ2n) is 4.33. The molecule has 1 unspecified atom stereocenters. The number of hydrogen-bond acceptors (Lipinski definition) is 6. The highest BCUT2D eigenvalue weighted by atomic mass is 16.2. The zero-order chi connectivity index (χ0) is 13.1. The van der Waals surface area contributed by atoms with Crippen molar-refractivity contribution in [2.75, 3.05) is 30.0 Å². The fourth-order valence-corrected chi connectivity index (χ4v) is 2.26. The second-order valence-corrected chi connectivity index (χ2v) is 4.33. The molecule has 0 radical (unpaired) electrons. The van der Waals surface area contributed by atoms with E-state index in [9.17, 15) is 4.79 Å². The van der Waals surface area contributed by atoms with E-state index in [1.165, 1.54) is 0 Å². The third-order valence-electron chi connectivity index (χ3n) is 3.10. The largest absolute Gasteiger partial charge is 0.383 e. The molecule has 1 atom stereocenters. The molecular weight excluding hydrogens is 232 g/mol. The van der Waals surface area contributed by atoms with Crippen LogP contribution in [0.15, 0.2) is 6.07 Å². The molecule has 5 N–H and O–H groups in total. The van der Waals surface area contributed by atoms with E-state index in [0.717, 1.165) is 25.8 Å². The number of carbonyl (C=O) groups is 1. The Kier molecular flexibility index (Phi) is 3.50. The van der Waals surface area contributed by atoms with Gasteiger partial charge in [-0.3, -0.25) is 4.79 Å². The molecule has 1 fully saturated rings. The number of nitrogens with zero attached hydrogens (tertiary/aromatic N) is 3. The van der Waals surface area contributed by atoms with Crippen molar-refractivity contribution in [3.8, 4) is 0 Å². The van der Waals surface area contributed by atoms with E-state index in [4.69, 9.17) is 11.5 Å². The highest BCUT2D eigenvalue weighted by Crippen LogP contribution is 2.24. The number of carbonyl (C=O) groups excluding carboxylic acids is 1. The quantitative estimate of drug-likeness (QED) is 0.667. The van der Waals surface area contributed by atoms with Crippen LogP contribution in [-0.4, -0.2) is 35.5 Å². The molecule has 0 spiro atoms. The molecule has 0 aromatic carbocycles. The second kappa shape index (κ2) is 5.07. The summed E-state index contributed by atoms with van der Waals surface area (Å²) in [5.74, 6) is 1.06. The molecule has 1 aromatic rings. The average molecular weight is 250 g/mol. The molecule has 98 valence electrons. The van der Waals surface area contributed by atoms with Crippen LogP contribution in [0.4, 0.5) is 17.6 Å². The summed E-state index contributed by atoms with van der Waals surface area (Å²) in [7, 11) is 1.64. The first-order valence-corrected chi connectivity index (χ1v) is 6.00. The van der Waals surface area contributed by atoms with Crippen molar-refractivity contribution in [1.29, 1.82) is 0 Å². The zero-order valence-electron chi connectivity index (χ0n) is 10.4. The van der Waals surface area contributed by atoms with Gasteiger partial charge in [-0.1, -0.05) is 0 Å². The van der Waals surface area contributed by atoms with Crippen LogP contribution < -0.4 is 21.7 Å². The monoisotopic (exact) mass is 250 g/mol. The standard InChI is InChI=1S/C11H18N6O/c1-14-10(18)7-4-2-3-5-17(7)9-6-8(12)15-11(13)16-9/h6-7H,2-5H2,1H3,(H,14,18)(H4,12,13,15,16). The first-order chi connectivity index (χ1) is 8.61. The molecule has 0 bridgehead atoms. The number of rotatable bonds is 2. The van der Waals surface area contributed by atoms with Gasteiger partial charge in [0.15, 0.2) is 0 Å². The summed E-state index contributed by atoms with van der Waals surface area (Å²) in [6.45, 7) is 0.772. The first kappa shape index (κ1) is 12.4. The fraction of sp³-hybridized carbons (Fsp3) is 0.545. The van der Waals surface area contributed by atoms with Gasteiger partial charge in [0.25, 0.3) is 0 Å². The number of aromatic nitrogens is 2. The van der Waals surface area contributed by atoms with Crippen molar-refractivity contribution < 1.29 is 4.79 Å². The van der Waals surface area contributed by atoms with Crippen LogP contribution >= 0.6 is 0 Å². The van der Waals surface area contributed by atoms with Crippen LogP contribution in [0, 0.1) is 0 Å². The Morgan fingerprint density at radius 3 is 2.89 bits per heavy atom. The van der Waals surface area contributed by atoms with Crippen molar-refractivity contribution in [1.82, 2.24) is 15.3 Å². The van der Waals surface area contributed by atoms with E-state index in [2.05, 4.69) is 15.3 Å². The van der Waals surface area contributed by atoms with E-state index < -0.39 is 0 Å². The van der Waals surface area contributed by atoms with Crippen LogP contribution in [0.2, 0.25) is 0 Å². The molecule has 1 aliphatic rings. The predicted octanol–water partition coefficient (Wildman–Crippen LogP) is -0.254. The lowest BCUT2D eigenvalue weighted by molar-refractivity contribution is -0.122. The van der Waals surface area contributed by atoms with Gasteiger partial charge in [-0.25, -0.2) is 0 Å². The average Bonchev–Trinajstić information content (AvgIpc) is 2.36. The van der Waals surface area contributed by atoms with Crippen LogP contribution in [0.25, 0.3) is 0 Å². The third-order valence-corrected chi connectivity index (χ3v) is 3.10. The summed E-state index contributed by atoms with van der Waals surface area (Å²) in [6, 6.07) is 1.44. The third kappa shape index (κ3) is 2.44. The highest BCUT2D eigenvalue weighted by molar-refractivity contribution is 5.85. The normalized spacial score (nSPS) is 19.6. The summed E-state index contributed by atoms with van der Waals surface area (Å²) in [5.41, 5.74) is 11.3. The van der Waals surface area contributed by atoms with E-state index in [0.29, 0.717) is 11.6 Å². The summed E-state index contributed by atoms with van der Waals surface area (Å²) in [5, 5.41) is 2.68. The molecule has 1 saturated heterocycles. The molecular formula is C11H18N6O. The van der Waals surface area contributed by atoms with E-state index in [1.807, 2.05) is 4.90 Å². The minimum Gasteiger partial charge on any atom is -0.383 e. The Morgan fingerprint density at radius 2 is 2.22 bits per heavy atom. The first-order valence-electron chi connectivity index (χ1n) is 6.00. The molecule has 0 saturated carbocycles. The maximum Gasteiger partial charge on any atom is 0.242 e. The SMILES string of the molecule is CNC(=O)C1CCCCN1c1cc(N)nc(N)n1. The Morgan fingerprint density at radius 1 is 1.44 bits per heavy atom. The molecule has 2 rings (SSSR count). The Balaban J connectivity index is 2.30. The van der Waals surface area contributed by atoms with Crippen LogP contribution in [0.5, 0.6) is 0 Å². The predicted molar refractivity (Wildman–Crippen MR) is 69.9 cm³/mol. The van der Waals surface area contributed by atoms with Gasteiger partial charge in [0.2, 0.25) is 11.9 Å². The van der Waals surface area contributed by atoms with Crippen LogP contribution in [0.1, 0.15) is 19.3 Å². The van der Waals surface area contributed by atoms with Gasteiger partial charge in [0, 0.05) is 19.7 Å². The molecule has 7 heteroatoms. The number of anilines is 3. The lowest BCUT2D eigenvalue weighted by Gasteiger charge is -2.35. The van der Waals surface area contributed by atoms with Gasteiger partial charge in [0.05, 0.1) is 0 Å². The number of amides is 1. The van der Waals surface area contributed by atoms with Crippen molar-refractivity contribution in [2.45, 2.75) is 25.3 Å². The summed E-state index contributed by atoms with van der Waals surface area (Å²) < 4.78 is 0. The number of nitrogen functional groups attached to an aromatic ring is 2. The Labute approximate surface area is 106 Å². The van der Waals surface area contributed by atoms with E-state index in [-0.39, 0.29) is 17.9 Å². The molecule has 18 heavy (non-hydrogen) atoms. The van der Waals surface area contributed by atoms with Crippen molar-refractivity contribution in [3.63, 3.8) is 0 Å². The van der Waals surface area contributed by atoms with E-state index >= 15 is 0 Å². The van der Waals surface area contributed by atoms with Crippen molar-refractivity contribution in [2.24, 2.45) is 0 Å². The van der Waals surface area contributed by atoms with Gasteiger partial charge in [-0.15, -0.1) is 0 Å². The fourth-order valence-electron chi connectivity index (χ4n) is 2.26. The van der Waals surface area contributed by atoms with Gasteiger partial charge >= 0.3 is 0 Å². The lowest BCUT2D eigenvalue weighted by atomic mass is 10.0. The minimum absolute atomic E-state index is 0.00884. The smallest absolute Gasteiger partial charge is 0.242 e. The lowest BCUT2D eigenvalue weighted by Crippen LogP contribution is -2.49. The minimum atomic E-state index is -0.211. The molecule has 0 aliphatic carbocycles. The molecule has 7 nitrogen and oxygen atoms in total. The van der Waals surface area contributed by atoms with Crippen LogP contribution in [-0.2, 0) is 4.79 Å². The number of nitrogens with two attached hydrogens (primary N) is 2. The Bertz CT molecular complexity index is 429. The van der Waals surface area contributed by atoms with Gasteiger partial charge < -0.3 is 21.7 Å². The maximum absolute atomic E-state index is 11.9. The van der Waals surface area contributed by atoms with Gasteiger partial charge in [-0.05, 0) is 19.3 Å². The zero-order valence-corrected chi connectivity index (χ0v) is 10.4. The molecule has 1 aliphatic heterocycles. The highest BCUT2D eigenvalue weighted by Gasteiger charge is 2.29. The number of piperidine rings is 1. The number of hydrogen-bond donors (Lipinski definition) is 3. The molecule has 1 aromatic heterocycles. The van der Waals surface area contributed by atoms with E-state index in [1.54, 1.807) is 13.1 Å². The Hall–Kier alpha value is -2.05. The van der Waals surface area contributed by atoms with Gasteiger partial charge in [0.1, 0.15) is 17.7 Å². The number of likely N-dealkylation sites (N-methyl/N-ethyl adjacent to an activating group) is 1. The summed E-state index contributed by atoms with van der Waals surface area (Å²) >= 11 is 0. The van der Waals surface area contributed by atoms with Crippen molar-refractivity contribution in [3.05, 3.63) is 6.07 Å². The topological polar surface area (TPSA) is 110 Å². The molecule has 2 heterocycles. The maximum atomic E-state index is 11.9. The summed E-state index contributed by atoms with van der Waals surface area (Å²) in [6.07, 6.45) is 2.87. The molecule has 1 amide bonds. The number of nitrogens with one attached hydrogen (secondary N) is 1. The van der Waals surface area contributed by atoms with Gasteiger partial charge in [-0.2, -0.15) is 9.97 Å². The summed E-state index contributed by atoms with van der Waals surface area (Å²) in [4.78, 5) is 21.8. The van der Waals surface area contributed by atoms with Crippen LogP contribution in [0.3, 0.4) is 0 Å². The van der Waals surface area contributed by atoms with Crippen molar-refractivity contribution >= 4 is 23.5 Å².